The summed E-state index contributed by atoms with van der Waals surface area (Å²) in [7, 11) is 1.91. The summed E-state index contributed by atoms with van der Waals surface area (Å²) in [6, 6.07) is 11.8. The highest BCUT2D eigenvalue weighted by Gasteiger charge is 2.25. The molecule has 0 radical (unpaired) electrons. The number of fused-ring (bicyclic) bond motifs is 2. The van der Waals surface area contributed by atoms with E-state index in [9.17, 15) is 14.3 Å². The molecule has 1 unspecified atom stereocenters. The van der Waals surface area contributed by atoms with Crippen LogP contribution >= 0.6 is 0 Å². The van der Waals surface area contributed by atoms with Gasteiger partial charge in [-0.05, 0) is 42.8 Å². The first kappa shape index (κ1) is 20.6. The Balaban J connectivity index is 1.85. The fraction of sp³-hybridized carbons (Fsp3) is 0.167. The third-order valence-electron chi connectivity index (χ3n) is 5.83. The van der Waals surface area contributed by atoms with Gasteiger partial charge < -0.3 is 15.4 Å². The van der Waals surface area contributed by atoms with Crippen LogP contribution in [0.5, 0.6) is 0 Å². The zero-order chi connectivity index (χ0) is 23.3. The van der Waals surface area contributed by atoms with Crippen molar-refractivity contribution in [2.45, 2.75) is 19.3 Å². The Morgan fingerprint density at radius 3 is 2.58 bits per heavy atom. The number of carboxylic acids is 1. The lowest BCUT2D eigenvalue weighted by atomic mass is 10.0. The zero-order valence-electron chi connectivity index (χ0n) is 18.0. The van der Waals surface area contributed by atoms with Crippen molar-refractivity contribution in [3.8, 4) is 22.5 Å². The van der Waals surface area contributed by atoms with Gasteiger partial charge in [-0.3, -0.25) is 9.20 Å². The molecule has 166 valence electrons. The normalized spacial score (nSPS) is 12.5. The Morgan fingerprint density at radius 1 is 1.15 bits per heavy atom. The summed E-state index contributed by atoms with van der Waals surface area (Å²) in [5, 5.41) is 9.65. The van der Waals surface area contributed by atoms with Crippen molar-refractivity contribution in [3.05, 3.63) is 66.5 Å². The van der Waals surface area contributed by atoms with E-state index >= 15 is 0 Å². The number of halogens is 1. The van der Waals surface area contributed by atoms with Crippen LogP contribution in [0.1, 0.15) is 25.0 Å². The molecular weight excluding hydrogens is 423 g/mol. The molecule has 5 aromatic rings. The minimum absolute atomic E-state index is 0.158. The topological polar surface area (TPSA) is 111 Å². The summed E-state index contributed by atoms with van der Waals surface area (Å²) < 4.78 is 17.3. The van der Waals surface area contributed by atoms with Crippen molar-refractivity contribution < 1.29 is 14.3 Å². The number of aromatic nitrogens is 5. The van der Waals surface area contributed by atoms with Crippen LogP contribution in [0.25, 0.3) is 39.2 Å². The van der Waals surface area contributed by atoms with E-state index in [0.29, 0.717) is 34.7 Å². The van der Waals surface area contributed by atoms with Crippen LogP contribution < -0.4 is 5.73 Å². The molecule has 8 nitrogen and oxygen atoms in total. The smallest absolute Gasteiger partial charge is 0.312 e. The first-order valence-electron chi connectivity index (χ1n) is 10.5. The molecule has 1 atom stereocenters. The van der Waals surface area contributed by atoms with E-state index < -0.39 is 11.9 Å². The van der Waals surface area contributed by atoms with E-state index in [-0.39, 0.29) is 11.6 Å². The molecule has 0 aliphatic carbocycles. The van der Waals surface area contributed by atoms with Crippen molar-refractivity contribution in [3.63, 3.8) is 0 Å². The van der Waals surface area contributed by atoms with E-state index in [1.165, 1.54) is 12.1 Å². The lowest BCUT2D eigenvalue weighted by Crippen LogP contribution is -2.10. The SMILES string of the molecule is CCC(C(=O)O)c1cn2c(-c3ccc4ncn(C)c4c3)c(-c3ccc(F)cc3)nc(N)c2n1. The molecule has 0 amide bonds. The number of rotatable bonds is 5. The van der Waals surface area contributed by atoms with E-state index in [0.717, 1.165) is 16.6 Å². The van der Waals surface area contributed by atoms with Gasteiger partial charge >= 0.3 is 5.97 Å². The number of carbonyl (C=O) groups is 1. The maximum atomic E-state index is 13.6. The molecule has 0 aliphatic rings. The predicted octanol–water partition coefficient (Wildman–Crippen LogP) is 4.25. The van der Waals surface area contributed by atoms with Crippen LogP contribution in [0.3, 0.4) is 0 Å². The van der Waals surface area contributed by atoms with Gasteiger partial charge in [0, 0.05) is 24.4 Å². The summed E-state index contributed by atoms with van der Waals surface area (Å²) in [4.78, 5) is 25.3. The largest absolute Gasteiger partial charge is 0.481 e. The van der Waals surface area contributed by atoms with Gasteiger partial charge in [-0.2, -0.15) is 0 Å². The number of nitrogens with zero attached hydrogens (tertiary/aromatic N) is 5. The van der Waals surface area contributed by atoms with Gasteiger partial charge in [-0.1, -0.05) is 13.0 Å². The maximum absolute atomic E-state index is 13.6. The summed E-state index contributed by atoms with van der Waals surface area (Å²) in [5.74, 6) is -1.93. The van der Waals surface area contributed by atoms with Crippen molar-refractivity contribution in [1.82, 2.24) is 23.9 Å². The molecule has 0 bridgehead atoms. The van der Waals surface area contributed by atoms with Gasteiger partial charge in [0.05, 0.1) is 34.4 Å². The van der Waals surface area contributed by atoms with Gasteiger partial charge in [-0.15, -0.1) is 0 Å². The Hall–Kier alpha value is -4.27. The number of nitrogens with two attached hydrogens (primary N) is 1. The fourth-order valence-electron chi connectivity index (χ4n) is 4.12. The number of aryl methyl sites for hydroxylation is 1. The van der Waals surface area contributed by atoms with Gasteiger partial charge in [0.25, 0.3) is 0 Å². The molecule has 0 spiro atoms. The molecule has 2 aromatic carbocycles. The Bertz CT molecular complexity index is 1520. The molecule has 3 aromatic heterocycles. The van der Waals surface area contributed by atoms with Crippen LogP contribution in [0, 0.1) is 5.82 Å². The number of imidazole rings is 2. The first-order chi connectivity index (χ1) is 15.9. The number of carboxylic acid groups (broad SMARTS) is 1. The van der Waals surface area contributed by atoms with E-state index in [1.807, 2.05) is 29.8 Å². The average Bonchev–Trinajstić information content (AvgIpc) is 3.39. The van der Waals surface area contributed by atoms with Gasteiger partial charge in [0.1, 0.15) is 11.7 Å². The van der Waals surface area contributed by atoms with Crippen LogP contribution in [-0.4, -0.2) is 35.0 Å². The van der Waals surface area contributed by atoms with Crippen molar-refractivity contribution in [2.24, 2.45) is 7.05 Å². The van der Waals surface area contributed by atoms with Gasteiger partial charge in [-0.25, -0.2) is 19.3 Å². The number of hydrogen-bond acceptors (Lipinski definition) is 5. The minimum Gasteiger partial charge on any atom is -0.481 e. The summed E-state index contributed by atoms with van der Waals surface area (Å²) in [6.07, 6.45) is 3.82. The van der Waals surface area contributed by atoms with Crippen molar-refractivity contribution >= 4 is 28.5 Å². The Kier molecular flexibility index (Phi) is 4.81. The molecular formula is C24H21FN6O2. The Labute approximate surface area is 188 Å². The van der Waals surface area contributed by atoms with Crippen LogP contribution in [0.15, 0.2) is 55.0 Å². The zero-order valence-corrected chi connectivity index (χ0v) is 18.0. The standard InChI is InChI=1S/C24H21FN6O2/c1-3-16(24(32)33)18-11-31-21(14-6-9-17-19(10-14)30(2)12-27-17)20(29-22(26)23(31)28-18)13-4-7-15(25)8-5-13/h4-12,16H,3H2,1-2H3,(H2,26,29)(H,32,33). The summed E-state index contributed by atoms with van der Waals surface area (Å²) in [6.45, 7) is 1.80. The number of aliphatic carboxylic acids is 1. The second-order valence-corrected chi connectivity index (χ2v) is 7.92. The van der Waals surface area contributed by atoms with Crippen LogP contribution in [0.2, 0.25) is 0 Å². The van der Waals surface area contributed by atoms with Gasteiger partial charge in [0.2, 0.25) is 0 Å². The van der Waals surface area contributed by atoms with Crippen LogP contribution in [0.4, 0.5) is 10.2 Å². The molecule has 5 rings (SSSR count). The highest BCUT2D eigenvalue weighted by molar-refractivity contribution is 5.88. The lowest BCUT2D eigenvalue weighted by Gasteiger charge is -2.14. The molecule has 0 aliphatic heterocycles. The van der Waals surface area contributed by atoms with E-state index in [1.54, 1.807) is 36.0 Å². The third kappa shape index (κ3) is 3.38. The van der Waals surface area contributed by atoms with Crippen molar-refractivity contribution in [1.29, 1.82) is 0 Å². The number of benzene rings is 2. The fourth-order valence-corrected chi connectivity index (χ4v) is 4.12. The number of anilines is 1. The van der Waals surface area contributed by atoms with Gasteiger partial charge in [0.15, 0.2) is 11.5 Å². The molecule has 0 fully saturated rings. The Morgan fingerprint density at radius 2 is 1.88 bits per heavy atom. The lowest BCUT2D eigenvalue weighted by molar-refractivity contribution is -0.138. The maximum Gasteiger partial charge on any atom is 0.312 e. The highest BCUT2D eigenvalue weighted by atomic mass is 19.1. The summed E-state index contributed by atoms with van der Waals surface area (Å²) in [5.41, 5.74) is 11.5. The summed E-state index contributed by atoms with van der Waals surface area (Å²) >= 11 is 0. The predicted molar refractivity (Wildman–Crippen MR) is 123 cm³/mol. The average molecular weight is 444 g/mol. The number of nitrogen functional groups attached to an aromatic ring is 1. The second kappa shape index (κ2) is 7.70. The number of hydrogen-bond donors (Lipinski definition) is 2. The molecule has 33 heavy (non-hydrogen) atoms. The monoisotopic (exact) mass is 444 g/mol. The second-order valence-electron chi connectivity index (χ2n) is 7.92. The van der Waals surface area contributed by atoms with E-state index in [4.69, 9.17) is 5.73 Å². The molecule has 3 heterocycles. The highest BCUT2D eigenvalue weighted by Crippen LogP contribution is 2.35. The molecule has 3 N–H and O–H groups in total. The van der Waals surface area contributed by atoms with Crippen LogP contribution in [-0.2, 0) is 11.8 Å². The van der Waals surface area contributed by atoms with E-state index in [2.05, 4.69) is 15.0 Å². The minimum atomic E-state index is -0.955. The first-order valence-corrected chi connectivity index (χ1v) is 10.5. The molecule has 0 saturated heterocycles. The molecule has 0 saturated carbocycles. The van der Waals surface area contributed by atoms with Crippen molar-refractivity contribution in [2.75, 3.05) is 5.73 Å². The molecule has 9 heteroatoms. The quantitative estimate of drug-likeness (QED) is 0.419. The third-order valence-corrected chi connectivity index (χ3v) is 5.83.